The summed E-state index contributed by atoms with van der Waals surface area (Å²) in [5.41, 5.74) is 2.47. The van der Waals surface area contributed by atoms with Gasteiger partial charge in [-0.25, -0.2) is 4.68 Å². The van der Waals surface area contributed by atoms with Gasteiger partial charge in [0.25, 0.3) is 5.91 Å². The second-order valence-corrected chi connectivity index (χ2v) is 5.74. The van der Waals surface area contributed by atoms with Crippen molar-refractivity contribution in [3.63, 3.8) is 0 Å². The number of nitrogens with one attached hydrogen (secondary N) is 1. The van der Waals surface area contributed by atoms with Gasteiger partial charge in [-0.05, 0) is 44.2 Å². The van der Waals surface area contributed by atoms with Gasteiger partial charge in [-0.1, -0.05) is 10.4 Å². The minimum atomic E-state index is -0.460. The van der Waals surface area contributed by atoms with Crippen molar-refractivity contribution in [3.8, 4) is 11.4 Å². The van der Waals surface area contributed by atoms with Gasteiger partial charge in [0.1, 0.15) is 11.6 Å². The summed E-state index contributed by atoms with van der Waals surface area (Å²) >= 11 is 0. The van der Waals surface area contributed by atoms with Crippen molar-refractivity contribution in [3.05, 3.63) is 48.2 Å². The first kappa shape index (κ1) is 16.0. The van der Waals surface area contributed by atoms with E-state index in [0.717, 1.165) is 23.1 Å². The van der Waals surface area contributed by atoms with Gasteiger partial charge in [0.05, 0.1) is 11.8 Å². The Bertz CT molecular complexity index is 1050. The monoisotopic (exact) mass is 352 g/mol. The molecule has 9 heteroatoms. The van der Waals surface area contributed by atoms with Crippen molar-refractivity contribution in [1.29, 1.82) is 0 Å². The highest BCUT2D eigenvalue weighted by Gasteiger charge is 2.19. The Kier molecular flexibility index (Phi) is 3.96. The van der Waals surface area contributed by atoms with Crippen molar-refractivity contribution in [1.82, 2.24) is 30.5 Å². The van der Waals surface area contributed by atoms with Crippen LogP contribution in [0.5, 0.6) is 0 Å². The van der Waals surface area contributed by atoms with Gasteiger partial charge >= 0.3 is 0 Å². The molecule has 3 heterocycles. The molecule has 9 nitrogen and oxygen atoms in total. The second kappa shape index (κ2) is 6.43. The molecule has 0 fully saturated rings. The van der Waals surface area contributed by atoms with Gasteiger partial charge in [0.15, 0.2) is 5.76 Å². The highest BCUT2D eigenvalue weighted by atomic mass is 16.5. The molecule has 0 spiro atoms. The summed E-state index contributed by atoms with van der Waals surface area (Å²) in [6.07, 6.45) is 1.44. The van der Waals surface area contributed by atoms with E-state index < -0.39 is 6.04 Å². The van der Waals surface area contributed by atoms with E-state index >= 15 is 0 Å². The molecule has 26 heavy (non-hydrogen) atoms. The molecule has 1 aromatic carbocycles. The maximum atomic E-state index is 12.0. The standard InChI is InChI=1S/C17H16N6O3/c1-3-23-13-7-6-11(9-12(13)20-22-23)15-19-17(26-21-15)10(2)18-16(24)14-5-4-8-25-14/h4-10H,3H2,1-2H3,(H,18,24)/t10-/m0/s1. The molecule has 0 saturated heterocycles. The van der Waals surface area contributed by atoms with Crippen LogP contribution in [0, 0.1) is 0 Å². The number of hydrogen-bond donors (Lipinski definition) is 1. The SMILES string of the molecule is CCn1nnc2cc(-c3noc([C@H](C)NC(=O)c4ccco4)n3)ccc21. The smallest absolute Gasteiger partial charge is 0.287 e. The minimum absolute atomic E-state index is 0.223. The van der Waals surface area contributed by atoms with Crippen molar-refractivity contribution in [2.45, 2.75) is 26.4 Å². The first-order chi connectivity index (χ1) is 12.7. The number of aromatic nitrogens is 5. The van der Waals surface area contributed by atoms with E-state index in [1.807, 2.05) is 29.8 Å². The molecule has 0 saturated carbocycles. The third-order valence-corrected chi connectivity index (χ3v) is 3.98. The number of aryl methyl sites for hydroxylation is 1. The van der Waals surface area contributed by atoms with Gasteiger partial charge in [-0.3, -0.25) is 4.79 Å². The molecule has 0 aliphatic carbocycles. The highest BCUT2D eigenvalue weighted by Crippen LogP contribution is 2.22. The molecule has 1 amide bonds. The molecule has 1 atom stereocenters. The van der Waals surface area contributed by atoms with E-state index in [1.54, 1.807) is 19.1 Å². The maximum Gasteiger partial charge on any atom is 0.287 e. The van der Waals surface area contributed by atoms with E-state index in [1.165, 1.54) is 6.26 Å². The summed E-state index contributed by atoms with van der Waals surface area (Å²) in [4.78, 5) is 16.4. The average Bonchev–Trinajstić information content (AvgIpc) is 3.40. The molecule has 132 valence electrons. The molecule has 4 aromatic rings. The fourth-order valence-electron chi connectivity index (χ4n) is 2.61. The lowest BCUT2D eigenvalue weighted by Gasteiger charge is -2.07. The third kappa shape index (κ3) is 2.83. The Balaban J connectivity index is 1.54. The Morgan fingerprint density at radius 1 is 1.35 bits per heavy atom. The minimum Gasteiger partial charge on any atom is -0.459 e. The van der Waals surface area contributed by atoms with E-state index in [9.17, 15) is 4.79 Å². The fraction of sp³-hybridized carbons (Fsp3) is 0.235. The molecular weight excluding hydrogens is 336 g/mol. The van der Waals surface area contributed by atoms with Crippen LogP contribution >= 0.6 is 0 Å². The van der Waals surface area contributed by atoms with Crippen LogP contribution in [-0.4, -0.2) is 31.0 Å². The number of benzene rings is 1. The molecule has 0 aliphatic heterocycles. The fourth-order valence-corrected chi connectivity index (χ4v) is 2.61. The Morgan fingerprint density at radius 3 is 3.00 bits per heavy atom. The Hall–Kier alpha value is -3.49. The van der Waals surface area contributed by atoms with Gasteiger partial charge < -0.3 is 14.3 Å². The summed E-state index contributed by atoms with van der Waals surface area (Å²) in [7, 11) is 0. The number of carbonyl (C=O) groups excluding carboxylic acids is 1. The zero-order valence-electron chi connectivity index (χ0n) is 14.2. The van der Waals surface area contributed by atoms with Crippen LogP contribution in [0.25, 0.3) is 22.4 Å². The third-order valence-electron chi connectivity index (χ3n) is 3.98. The number of hydrogen-bond acceptors (Lipinski definition) is 7. The van der Waals surface area contributed by atoms with Crippen LogP contribution in [0.1, 0.15) is 36.3 Å². The van der Waals surface area contributed by atoms with E-state index in [2.05, 4.69) is 25.8 Å². The summed E-state index contributed by atoms with van der Waals surface area (Å²) in [6, 6.07) is 8.44. The number of amides is 1. The van der Waals surface area contributed by atoms with E-state index in [4.69, 9.17) is 8.94 Å². The average molecular weight is 352 g/mol. The molecule has 0 aliphatic rings. The molecule has 1 N–H and O–H groups in total. The number of carbonyl (C=O) groups is 1. The van der Waals surface area contributed by atoms with Crippen LogP contribution in [0.15, 0.2) is 45.5 Å². The first-order valence-corrected chi connectivity index (χ1v) is 8.17. The number of nitrogens with zero attached hydrogens (tertiary/aromatic N) is 5. The Labute approximate surface area is 148 Å². The van der Waals surface area contributed by atoms with Crippen LogP contribution in [-0.2, 0) is 6.54 Å². The molecule has 4 rings (SSSR count). The van der Waals surface area contributed by atoms with Crippen LogP contribution in [0.3, 0.4) is 0 Å². The predicted molar refractivity (Wildman–Crippen MR) is 91.1 cm³/mol. The molecule has 0 bridgehead atoms. The summed E-state index contributed by atoms with van der Waals surface area (Å²) < 4.78 is 12.2. The van der Waals surface area contributed by atoms with Crippen LogP contribution in [0.2, 0.25) is 0 Å². The Morgan fingerprint density at radius 2 is 2.23 bits per heavy atom. The quantitative estimate of drug-likeness (QED) is 0.587. The predicted octanol–water partition coefficient (Wildman–Crippen LogP) is 2.59. The zero-order valence-corrected chi connectivity index (χ0v) is 14.2. The van der Waals surface area contributed by atoms with Crippen molar-refractivity contribution < 1.29 is 13.7 Å². The van der Waals surface area contributed by atoms with Gasteiger partial charge in [-0.15, -0.1) is 5.10 Å². The lowest BCUT2D eigenvalue weighted by atomic mass is 10.2. The highest BCUT2D eigenvalue weighted by molar-refractivity contribution is 5.91. The van der Waals surface area contributed by atoms with E-state index in [0.29, 0.717) is 11.7 Å². The van der Waals surface area contributed by atoms with Gasteiger partial charge in [0.2, 0.25) is 11.7 Å². The second-order valence-electron chi connectivity index (χ2n) is 5.74. The summed E-state index contributed by atoms with van der Waals surface area (Å²) in [5.74, 6) is 0.602. The van der Waals surface area contributed by atoms with Crippen molar-refractivity contribution in [2.75, 3.05) is 0 Å². The maximum absolute atomic E-state index is 12.0. The first-order valence-electron chi connectivity index (χ1n) is 8.17. The van der Waals surface area contributed by atoms with E-state index in [-0.39, 0.29) is 11.7 Å². The zero-order chi connectivity index (χ0) is 18.1. The number of rotatable bonds is 5. The lowest BCUT2D eigenvalue weighted by Crippen LogP contribution is -2.26. The number of furan rings is 1. The van der Waals surface area contributed by atoms with Crippen LogP contribution in [0.4, 0.5) is 0 Å². The van der Waals surface area contributed by atoms with Crippen LogP contribution < -0.4 is 5.32 Å². The molecule has 0 radical (unpaired) electrons. The molecular formula is C17H16N6O3. The molecule has 0 unspecified atom stereocenters. The number of fused-ring (bicyclic) bond motifs is 1. The molecule has 3 aromatic heterocycles. The lowest BCUT2D eigenvalue weighted by molar-refractivity contribution is 0.0904. The normalized spacial score (nSPS) is 12.4. The van der Waals surface area contributed by atoms with Crippen molar-refractivity contribution >= 4 is 16.9 Å². The topological polar surface area (TPSA) is 112 Å². The summed E-state index contributed by atoms with van der Waals surface area (Å²) in [6.45, 7) is 4.51. The largest absolute Gasteiger partial charge is 0.459 e. The van der Waals surface area contributed by atoms with Gasteiger partial charge in [0, 0.05) is 12.1 Å². The van der Waals surface area contributed by atoms with Gasteiger partial charge in [-0.2, -0.15) is 4.98 Å². The summed E-state index contributed by atoms with van der Waals surface area (Å²) in [5, 5.41) is 15.0. The van der Waals surface area contributed by atoms with Crippen molar-refractivity contribution in [2.24, 2.45) is 0 Å².